The zero-order valence-corrected chi connectivity index (χ0v) is 10.2. The molecule has 6 heteroatoms. The summed E-state index contributed by atoms with van der Waals surface area (Å²) in [7, 11) is 1.82. The summed E-state index contributed by atoms with van der Waals surface area (Å²) >= 11 is 0. The second kappa shape index (κ2) is 4.87. The highest BCUT2D eigenvalue weighted by molar-refractivity contribution is 5.47. The zero-order valence-electron chi connectivity index (χ0n) is 10.2. The van der Waals surface area contributed by atoms with Gasteiger partial charge >= 0.3 is 0 Å². The number of para-hydroxylation sites is 1. The van der Waals surface area contributed by atoms with E-state index in [1.54, 1.807) is 29.1 Å². The number of nitrogens with one attached hydrogen (secondary N) is 1. The molecule has 2 aromatic rings. The van der Waals surface area contributed by atoms with Crippen molar-refractivity contribution in [2.75, 3.05) is 5.32 Å². The molecule has 0 spiro atoms. The van der Waals surface area contributed by atoms with Crippen molar-refractivity contribution < 1.29 is 4.92 Å². The molecule has 1 atom stereocenters. The molecule has 0 saturated carbocycles. The van der Waals surface area contributed by atoms with Crippen LogP contribution in [0, 0.1) is 10.1 Å². The number of nitro benzene ring substituents is 1. The molecule has 2 rings (SSSR count). The van der Waals surface area contributed by atoms with E-state index in [9.17, 15) is 10.1 Å². The molecule has 1 heterocycles. The molecule has 1 aromatic heterocycles. The fraction of sp³-hybridized carbons (Fsp3) is 0.250. The third kappa shape index (κ3) is 2.48. The van der Waals surface area contributed by atoms with Gasteiger partial charge in [-0.1, -0.05) is 18.2 Å². The Labute approximate surface area is 104 Å². The Bertz CT molecular complexity index is 565. The summed E-state index contributed by atoms with van der Waals surface area (Å²) in [6.07, 6.45) is 3.51. The van der Waals surface area contributed by atoms with Gasteiger partial charge in [-0.2, -0.15) is 5.10 Å². The normalized spacial score (nSPS) is 12.1. The molecule has 94 valence electrons. The SMILES string of the molecule is CC(Nc1cnn(C)c1)c1ccccc1[N+](=O)[O-]. The van der Waals surface area contributed by atoms with Crippen LogP contribution in [0.4, 0.5) is 11.4 Å². The van der Waals surface area contributed by atoms with E-state index >= 15 is 0 Å². The number of hydrogen-bond acceptors (Lipinski definition) is 4. The predicted molar refractivity (Wildman–Crippen MR) is 68.3 cm³/mol. The number of aryl methyl sites for hydroxylation is 1. The molecule has 0 aliphatic heterocycles. The Balaban J connectivity index is 2.23. The van der Waals surface area contributed by atoms with Crippen LogP contribution in [0.25, 0.3) is 0 Å². The van der Waals surface area contributed by atoms with Gasteiger partial charge in [-0.25, -0.2) is 0 Å². The highest BCUT2D eigenvalue weighted by Gasteiger charge is 2.18. The second-order valence-corrected chi connectivity index (χ2v) is 4.08. The van der Waals surface area contributed by atoms with E-state index in [2.05, 4.69) is 10.4 Å². The molecule has 0 amide bonds. The van der Waals surface area contributed by atoms with Crippen molar-refractivity contribution in [1.82, 2.24) is 9.78 Å². The van der Waals surface area contributed by atoms with Gasteiger partial charge < -0.3 is 5.32 Å². The summed E-state index contributed by atoms with van der Waals surface area (Å²) in [6, 6.07) is 6.57. The number of nitrogens with zero attached hydrogens (tertiary/aromatic N) is 3. The third-order valence-electron chi connectivity index (χ3n) is 2.69. The molecule has 6 nitrogen and oxygen atoms in total. The number of rotatable bonds is 4. The van der Waals surface area contributed by atoms with E-state index in [4.69, 9.17) is 0 Å². The maximum absolute atomic E-state index is 10.9. The summed E-state index contributed by atoms with van der Waals surface area (Å²) in [5.74, 6) is 0. The Morgan fingerprint density at radius 1 is 1.44 bits per heavy atom. The van der Waals surface area contributed by atoms with Gasteiger partial charge in [-0.15, -0.1) is 0 Å². The van der Waals surface area contributed by atoms with Gasteiger partial charge in [-0.3, -0.25) is 14.8 Å². The van der Waals surface area contributed by atoms with Crippen molar-refractivity contribution in [2.45, 2.75) is 13.0 Å². The van der Waals surface area contributed by atoms with Crippen LogP contribution < -0.4 is 5.32 Å². The first-order valence-electron chi connectivity index (χ1n) is 5.56. The molecule has 0 saturated heterocycles. The van der Waals surface area contributed by atoms with Crippen LogP contribution in [-0.4, -0.2) is 14.7 Å². The molecule has 0 bridgehead atoms. The lowest BCUT2D eigenvalue weighted by atomic mass is 10.1. The molecule has 0 aliphatic rings. The smallest absolute Gasteiger partial charge is 0.274 e. The quantitative estimate of drug-likeness (QED) is 0.664. The molecule has 1 N–H and O–H groups in total. The Kier molecular flexibility index (Phi) is 3.27. The average Bonchev–Trinajstić information content (AvgIpc) is 2.74. The van der Waals surface area contributed by atoms with E-state index in [0.717, 1.165) is 5.69 Å². The minimum Gasteiger partial charge on any atom is -0.376 e. The summed E-state index contributed by atoms with van der Waals surface area (Å²) in [5.41, 5.74) is 1.62. The first-order valence-corrected chi connectivity index (χ1v) is 5.56. The Morgan fingerprint density at radius 3 is 2.78 bits per heavy atom. The fourth-order valence-corrected chi connectivity index (χ4v) is 1.84. The average molecular weight is 246 g/mol. The van der Waals surface area contributed by atoms with Gasteiger partial charge in [0.15, 0.2) is 0 Å². The van der Waals surface area contributed by atoms with Gasteiger partial charge in [0.2, 0.25) is 0 Å². The van der Waals surface area contributed by atoms with E-state index < -0.39 is 0 Å². The van der Waals surface area contributed by atoms with Crippen molar-refractivity contribution >= 4 is 11.4 Å². The van der Waals surface area contributed by atoms with E-state index in [1.165, 1.54) is 6.07 Å². The summed E-state index contributed by atoms with van der Waals surface area (Å²) < 4.78 is 1.68. The fourth-order valence-electron chi connectivity index (χ4n) is 1.84. The molecule has 0 fully saturated rings. The first kappa shape index (κ1) is 12.1. The third-order valence-corrected chi connectivity index (χ3v) is 2.69. The Morgan fingerprint density at radius 2 is 2.17 bits per heavy atom. The first-order chi connectivity index (χ1) is 8.58. The molecular weight excluding hydrogens is 232 g/mol. The summed E-state index contributed by atoms with van der Waals surface area (Å²) in [4.78, 5) is 10.6. The molecule has 1 aromatic carbocycles. The van der Waals surface area contributed by atoms with Crippen LogP contribution in [0.3, 0.4) is 0 Å². The molecule has 0 aliphatic carbocycles. The maximum atomic E-state index is 10.9. The molecule has 18 heavy (non-hydrogen) atoms. The minimum absolute atomic E-state index is 0.126. The summed E-state index contributed by atoms with van der Waals surface area (Å²) in [5, 5.41) is 18.2. The van der Waals surface area contributed by atoms with Crippen LogP contribution in [0.15, 0.2) is 36.7 Å². The monoisotopic (exact) mass is 246 g/mol. The maximum Gasteiger partial charge on any atom is 0.274 e. The van der Waals surface area contributed by atoms with Crippen molar-refractivity contribution in [3.63, 3.8) is 0 Å². The van der Waals surface area contributed by atoms with Crippen molar-refractivity contribution in [3.8, 4) is 0 Å². The standard InChI is InChI=1S/C12H14N4O2/c1-9(14-10-7-13-15(2)8-10)11-5-3-4-6-12(11)16(17)18/h3-9,14H,1-2H3. The lowest BCUT2D eigenvalue weighted by molar-refractivity contribution is -0.385. The van der Waals surface area contributed by atoms with E-state index in [-0.39, 0.29) is 16.7 Å². The number of nitro groups is 1. The molecule has 0 radical (unpaired) electrons. The van der Waals surface area contributed by atoms with Crippen molar-refractivity contribution in [3.05, 3.63) is 52.3 Å². The Hall–Kier alpha value is -2.37. The van der Waals surface area contributed by atoms with Crippen LogP contribution in [0.1, 0.15) is 18.5 Å². The van der Waals surface area contributed by atoms with Gasteiger partial charge in [-0.05, 0) is 6.92 Å². The highest BCUT2D eigenvalue weighted by Crippen LogP contribution is 2.26. The van der Waals surface area contributed by atoms with Gasteiger partial charge in [0.1, 0.15) is 0 Å². The molecular formula is C12H14N4O2. The predicted octanol–water partition coefficient (Wildman–Crippen LogP) is 2.50. The van der Waals surface area contributed by atoms with E-state index in [0.29, 0.717) is 5.56 Å². The number of hydrogen-bond donors (Lipinski definition) is 1. The van der Waals surface area contributed by atoms with Crippen LogP contribution in [-0.2, 0) is 7.05 Å². The zero-order chi connectivity index (χ0) is 13.1. The minimum atomic E-state index is -0.364. The largest absolute Gasteiger partial charge is 0.376 e. The second-order valence-electron chi connectivity index (χ2n) is 4.08. The van der Waals surface area contributed by atoms with Crippen LogP contribution >= 0.6 is 0 Å². The lowest BCUT2D eigenvalue weighted by Gasteiger charge is -2.13. The highest BCUT2D eigenvalue weighted by atomic mass is 16.6. The van der Waals surface area contributed by atoms with Gasteiger partial charge in [0.05, 0.1) is 28.4 Å². The number of benzene rings is 1. The molecule has 1 unspecified atom stereocenters. The summed E-state index contributed by atoms with van der Waals surface area (Å²) in [6.45, 7) is 1.88. The van der Waals surface area contributed by atoms with Gasteiger partial charge in [0.25, 0.3) is 5.69 Å². The van der Waals surface area contributed by atoms with Crippen molar-refractivity contribution in [2.24, 2.45) is 7.05 Å². The topological polar surface area (TPSA) is 73.0 Å². The van der Waals surface area contributed by atoms with E-state index in [1.807, 2.05) is 20.2 Å². The van der Waals surface area contributed by atoms with Gasteiger partial charge in [0, 0.05) is 19.3 Å². The van der Waals surface area contributed by atoms with Crippen LogP contribution in [0.2, 0.25) is 0 Å². The van der Waals surface area contributed by atoms with Crippen molar-refractivity contribution in [1.29, 1.82) is 0 Å². The number of anilines is 1. The van der Waals surface area contributed by atoms with Crippen LogP contribution in [0.5, 0.6) is 0 Å². The number of aromatic nitrogens is 2. The lowest BCUT2D eigenvalue weighted by Crippen LogP contribution is -2.08.